The Labute approximate surface area is 346 Å². The molecule has 4 nitrogen and oxygen atoms in total. The maximum atomic E-state index is 9.54. The van der Waals surface area contributed by atoms with Crippen LogP contribution in [-0.4, -0.2) is 19.5 Å². The molecule has 0 radical (unpaired) electrons. The molecule has 3 heterocycles. The molecule has 0 saturated heterocycles. The third kappa shape index (κ3) is 5.11. The van der Waals surface area contributed by atoms with E-state index in [1.165, 1.54) is 17.4 Å². The number of para-hydroxylation sites is 2. The molecule has 0 unspecified atom stereocenters. The first-order valence-corrected chi connectivity index (χ1v) is 19.9. The van der Waals surface area contributed by atoms with E-state index in [1.54, 1.807) is 0 Å². The number of fused-ring (bicyclic) bond motifs is 9. The Balaban J connectivity index is 1.19. The summed E-state index contributed by atoms with van der Waals surface area (Å²) in [6.07, 6.45) is 0. The van der Waals surface area contributed by atoms with Crippen molar-refractivity contribution in [3.63, 3.8) is 0 Å². The molecule has 0 N–H and O–H groups in total. The second-order valence-corrected chi connectivity index (χ2v) is 15.3. The summed E-state index contributed by atoms with van der Waals surface area (Å²) in [6.45, 7) is 0. The van der Waals surface area contributed by atoms with Gasteiger partial charge < -0.3 is 4.57 Å². The molecule has 9 aromatic carbocycles. The maximum absolute atomic E-state index is 9.54. The van der Waals surface area contributed by atoms with Gasteiger partial charge in [0.05, 0.1) is 24.9 Å². The fourth-order valence-corrected chi connectivity index (χ4v) is 9.49. The number of hydrogen-bond acceptors (Lipinski definition) is 4. The van der Waals surface area contributed by atoms with Gasteiger partial charge in [-0.05, 0) is 51.9 Å². The molecule has 5 heteroatoms. The average molecular weight is 763 g/mol. The Morgan fingerprint density at radius 2 is 1.05 bits per heavy atom. The first-order chi connectivity index (χ1) is 31.2. The zero-order chi connectivity index (χ0) is 43.4. The van der Waals surface area contributed by atoms with Gasteiger partial charge in [0.25, 0.3) is 0 Å². The maximum Gasteiger partial charge on any atom is 0.164 e. The van der Waals surface area contributed by atoms with Crippen molar-refractivity contribution in [3.8, 4) is 51.0 Å². The summed E-state index contributed by atoms with van der Waals surface area (Å²) in [5, 5.41) is 6.98. The van der Waals surface area contributed by atoms with Gasteiger partial charge in [-0.3, -0.25) is 0 Å². The molecule has 0 saturated carbocycles. The summed E-state index contributed by atoms with van der Waals surface area (Å²) < 4.78 is 57.1. The third-order valence-electron chi connectivity index (χ3n) is 11.0. The molecule has 270 valence electrons. The number of hydrogen-bond donors (Lipinski definition) is 0. The monoisotopic (exact) mass is 762 g/mol. The van der Waals surface area contributed by atoms with Crippen LogP contribution in [-0.2, 0) is 0 Å². The van der Waals surface area contributed by atoms with Crippen LogP contribution >= 0.6 is 11.3 Å². The Morgan fingerprint density at radius 1 is 0.414 bits per heavy atom. The normalized spacial score (nSPS) is 13.2. The molecule has 0 aliphatic rings. The highest BCUT2D eigenvalue weighted by atomic mass is 32.1. The van der Waals surface area contributed by atoms with Crippen molar-refractivity contribution in [1.29, 1.82) is 0 Å². The largest absolute Gasteiger partial charge is 0.309 e. The molecule has 0 aliphatic heterocycles. The summed E-state index contributed by atoms with van der Waals surface area (Å²) in [7, 11) is 0. The molecule has 0 aliphatic carbocycles. The molecule has 0 spiro atoms. The predicted molar refractivity (Wildman–Crippen MR) is 244 cm³/mol. The molecule has 0 bridgehead atoms. The van der Waals surface area contributed by atoms with Crippen LogP contribution in [0.5, 0.6) is 0 Å². The lowest BCUT2D eigenvalue weighted by Gasteiger charge is -2.17. The SMILES string of the molecule is [2H]c1cc([2H])c2sc3c(-c4ccc(-c5nc(-c6ccccc6)nc(-c6cc7ccccc7c7ccccc67)n5)cc4-n4c5ccccc5c5ccccc54)c([2H])c([2H])c([2H])c3c2c1[2H]. The molecular formula is C53H32N4S. The van der Waals surface area contributed by atoms with Gasteiger partial charge >= 0.3 is 0 Å². The average Bonchev–Trinajstić information content (AvgIpc) is 3.90. The van der Waals surface area contributed by atoms with Crippen LogP contribution in [0.25, 0.3) is 115 Å². The topological polar surface area (TPSA) is 43.6 Å². The molecule has 0 amide bonds. The van der Waals surface area contributed by atoms with E-state index in [2.05, 4.69) is 65.2 Å². The zero-order valence-corrected chi connectivity index (χ0v) is 31.5. The Hall–Kier alpha value is -7.47. The van der Waals surface area contributed by atoms with Crippen molar-refractivity contribution in [2.24, 2.45) is 0 Å². The van der Waals surface area contributed by atoms with Gasteiger partial charge in [0, 0.05) is 58.8 Å². The molecular weight excluding hydrogens is 725 g/mol. The smallest absolute Gasteiger partial charge is 0.164 e. The number of benzene rings is 9. The van der Waals surface area contributed by atoms with Crippen LogP contribution < -0.4 is 0 Å². The predicted octanol–water partition coefficient (Wildman–Crippen LogP) is 14.3. The van der Waals surface area contributed by atoms with Crippen LogP contribution in [0.3, 0.4) is 0 Å². The summed E-state index contributed by atoms with van der Waals surface area (Å²) in [6, 6.07) is 51.5. The fraction of sp³-hybridized carbons (Fsp3) is 0. The van der Waals surface area contributed by atoms with Gasteiger partial charge in [-0.1, -0.05) is 164 Å². The van der Waals surface area contributed by atoms with Gasteiger partial charge in [-0.15, -0.1) is 11.3 Å². The lowest BCUT2D eigenvalue weighted by molar-refractivity contribution is 1.07. The van der Waals surface area contributed by atoms with Crippen molar-refractivity contribution in [2.45, 2.75) is 0 Å². The van der Waals surface area contributed by atoms with E-state index in [1.807, 2.05) is 91.0 Å². The summed E-state index contributed by atoms with van der Waals surface area (Å²) in [5.74, 6) is 1.47. The van der Waals surface area contributed by atoms with Crippen molar-refractivity contribution in [2.75, 3.05) is 0 Å². The Morgan fingerprint density at radius 3 is 1.84 bits per heavy atom. The second-order valence-electron chi connectivity index (χ2n) is 14.3. The molecule has 12 aromatic rings. The van der Waals surface area contributed by atoms with Crippen molar-refractivity contribution in [1.82, 2.24) is 19.5 Å². The second kappa shape index (κ2) is 13.1. The Bertz CT molecular complexity index is 3880. The van der Waals surface area contributed by atoms with Gasteiger partial charge in [-0.2, -0.15) is 0 Å². The van der Waals surface area contributed by atoms with Gasteiger partial charge in [0.1, 0.15) is 0 Å². The number of nitrogens with zero attached hydrogens (tertiary/aromatic N) is 4. The van der Waals surface area contributed by atoms with E-state index in [-0.39, 0.29) is 36.3 Å². The van der Waals surface area contributed by atoms with Gasteiger partial charge in [0.2, 0.25) is 0 Å². The first-order valence-electron chi connectivity index (χ1n) is 22.0. The zero-order valence-electron chi connectivity index (χ0n) is 36.7. The van der Waals surface area contributed by atoms with Gasteiger partial charge in [-0.25, -0.2) is 15.0 Å². The number of thiophene rings is 1. The molecule has 0 atom stereocenters. The third-order valence-corrected chi connectivity index (χ3v) is 12.1. The van der Waals surface area contributed by atoms with E-state index in [4.69, 9.17) is 21.8 Å². The number of rotatable bonds is 5. The van der Waals surface area contributed by atoms with E-state index in [9.17, 15) is 1.37 Å². The highest BCUT2D eigenvalue weighted by molar-refractivity contribution is 7.26. The quantitative estimate of drug-likeness (QED) is 0.164. The lowest BCUT2D eigenvalue weighted by atomic mass is 9.96. The van der Waals surface area contributed by atoms with Crippen molar-refractivity contribution < 1.29 is 8.22 Å². The number of aromatic nitrogens is 4. The van der Waals surface area contributed by atoms with Crippen LogP contribution in [0.2, 0.25) is 0 Å². The molecule has 58 heavy (non-hydrogen) atoms. The summed E-state index contributed by atoms with van der Waals surface area (Å²) in [4.78, 5) is 15.6. The van der Waals surface area contributed by atoms with Crippen molar-refractivity contribution in [3.05, 3.63) is 194 Å². The van der Waals surface area contributed by atoms with E-state index in [0.29, 0.717) is 60.0 Å². The molecule has 3 aromatic heterocycles. The molecule has 12 rings (SSSR count). The van der Waals surface area contributed by atoms with E-state index >= 15 is 0 Å². The minimum absolute atomic E-state index is 0.0673. The van der Waals surface area contributed by atoms with Crippen LogP contribution in [0.4, 0.5) is 0 Å². The highest BCUT2D eigenvalue weighted by Gasteiger charge is 2.21. The van der Waals surface area contributed by atoms with E-state index in [0.717, 1.165) is 54.5 Å². The van der Waals surface area contributed by atoms with Crippen molar-refractivity contribution >= 4 is 74.9 Å². The first kappa shape index (κ1) is 27.2. The summed E-state index contributed by atoms with van der Waals surface area (Å²) >= 11 is 1.23. The molecule has 0 fully saturated rings. The summed E-state index contributed by atoms with van der Waals surface area (Å²) in [5.41, 5.74) is 5.97. The highest BCUT2D eigenvalue weighted by Crippen LogP contribution is 2.44. The van der Waals surface area contributed by atoms with E-state index < -0.39 is 0 Å². The fourth-order valence-electron chi connectivity index (χ4n) is 8.39. The minimum Gasteiger partial charge on any atom is -0.309 e. The van der Waals surface area contributed by atoms with Crippen LogP contribution in [0, 0.1) is 0 Å². The Kier molecular flexibility index (Phi) is 6.12. The standard InChI is InChI=1S/C53H32N4S/c1-2-15-33(16-3-1)51-54-52(56-53(55-51)45-31-34-17-4-5-18-36(34)37-19-6-7-20-38(37)45)35-29-30-41(43-24-14-25-44-42-23-10-13-28-49(42)58-50(43)44)48(32-35)57-46-26-11-8-21-39(46)40-22-9-12-27-47(40)57/h1-32H/i10D,14D,23D,24D,25D,28D. The minimum atomic E-state index is -0.294. The van der Waals surface area contributed by atoms with Crippen LogP contribution in [0.15, 0.2) is 194 Å². The van der Waals surface area contributed by atoms with Crippen LogP contribution in [0.1, 0.15) is 8.22 Å². The lowest BCUT2D eigenvalue weighted by Crippen LogP contribution is -2.02. The van der Waals surface area contributed by atoms with Gasteiger partial charge in [0.15, 0.2) is 17.5 Å².